The maximum absolute atomic E-state index is 11.5. The van der Waals surface area contributed by atoms with Gasteiger partial charge in [-0.3, -0.25) is 0 Å². The molecule has 30 heavy (non-hydrogen) atoms. The van der Waals surface area contributed by atoms with Gasteiger partial charge in [-0.1, -0.05) is 18.2 Å². The number of fused-ring (bicyclic) bond motifs is 1. The summed E-state index contributed by atoms with van der Waals surface area (Å²) in [5.41, 5.74) is 3.76. The van der Waals surface area contributed by atoms with Crippen molar-refractivity contribution in [1.82, 2.24) is 0 Å². The van der Waals surface area contributed by atoms with Gasteiger partial charge in [-0.15, -0.1) is 0 Å². The molecule has 1 atom stereocenters. The van der Waals surface area contributed by atoms with Gasteiger partial charge in [0.05, 0.1) is 5.56 Å². The van der Waals surface area contributed by atoms with Crippen LogP contribution in [0.4, 0.5) is 0 Å². The van der Waals surface area contributed by atoms with Crippen LogP contribution in [0.25, 0.3) is 6.08 Å². The summed E-state index contributed by atoms with van der Waals surface area (Å²) >= 11 is 0. The van der Waals surface area contributed by atoms with Crippen molar-refractivity contribution in [1.29, 1.82) is 0 Å². The van der Waals surface area contributed by atoms with E-state index in [1.165, 1.54) is 44.1 Å². The Morgan fingerprint density at radius 3 is 2.17 bits per heavy atom. The Morgan fingerprint density at radius 1 is 0.933 bits per heavy atom. The van der Waals surface area contributed by atoms with Gasteiger partial charge in [0.2, 0.25) is 0 Å². The summed E-state index contributed by atoms with van der Waals surface area (Å²) in [5.74, 6) is 2.40. The van der Waals surface area contributed by atoms with Crippen LogP contribution in [0, 0.1) is 23.2 Å². The third kappa shape index (κ3) is 2.77. The molecule has 0 saturated heterocycles. The highest BCUT2D eigenvalue weighted by Gasteiger charge is 2.54. The van der Waals surface area contributed by atoms with Crippen LogP contribution in [-0.4, -0.2) is 16.2 Å². The van der Waals surface area contributed by atoms with E-state index in [4.69, 9.17) is 4.74 Å². The molecule has 4 bridgehead atoms. The summed E-state index contributed by atoms with van der Waals surface area (Å²) in [6.07, 6.45) is 9.93. The zero-order valence-corrected chi connectivity index (χ0v) is 16.9. The van der Waals surface area contributed by atoms with Gasteiger partial charge in [0, 0.05) is 5.56 Å². The molecule has 2 aromatic carbocycles. The molecule has 1 unspecified atom stereocenters. The van der Waals surface area contributed by atoms with Gasteiger partial charge in [0.25, 0.3) is 0 Å². The van der Waals surface area contributed by atoms with Crippen molar-refractivity contribution in [2.75, 3.05) is 0 Å². The molecule has 0 amide bonds. The molecule has 7 rings (SSSR count). The standard InChI is InChI=1S/C26H26O4/c27-21-5-3-18(4-6-21)24-22(10-19-1-2-20(25(28)29)11-23(19)30-24)26-12-15-7-16(13-26)9-17(8-15)14-26/h1-6,10-11,15-17,24,27H,7-9,12-14H2,(H,28,29). The third-order valence-electron chi connectivity index (χ3n) is 7.95. The SMILES string of the molecule is O=C(O)c1ccc2c(c1)OC(c1ccc(O)cc1)C(C13CC4CC(CC(C4)C1)C3)=C2. The molecule has 4 saturated carbocycles. The maximum Gasteiger partial charge on any atom is 0.335 e. The number of ether oxygens (including phenoxy) is 1. The number of phenols is 1. The van der Waals surface area contributed by atoms with E-state index in [1.807, 2.05) is 18.2 Å². The topological polar surface area (TPSA) is 66.8 Å². The molecule has 1 heterocycles. The predicted octanol–water partition coefficient (Wildman–Crippen LogP) is 5.82. The van der Waals surface area contributed by atoms with Crippen LogP contribution in [-0.2, 0) is 0 Å². The molecule has 2 N–H and O–H groups in total. The van der Waals surface area contributed by atoms with Crippen LogP contribution < -0.4 is 4.74 Å². The summed E-state index contributed by atoms with van der Waals surface area (Å²) in [4.78, 5) is 11.5. The van der Waals surface area contributed by atoms with Crippen molar-refractivity contribution >= 4 is 12.0 Å². The van der Waals surface area contributed by atoms with Gasteiger partial charge in [0.1, 0.15) is 17.6 Å². The maximum atomic E-state index is 11.5. The number of aromatic carboxylic acids is 1. The predicted molar refractivity (Wildman–Crippen MR) is 113 cm³/mol. The fraction of sp³-hybridized carbons (Fsp3) is 0.423. The Kier molecular flexibility index (Phi) is 3.83. The van der Waals surface area contributed by atoms with Crippen molar-refractivity contribution in [3.05, 3.63) is 64.7 Å². The molecule has 0 radical (unpaired) electrons. The van der Waals surface area contributed by atoms with E-state index in [2.05, 4.69) is 6.08 Å². The fourth-order valence-electron chi connectivity index (χ4n) is 7.11. The molecule has 154 valence electrons. The van der Waals surface area contributed by atoms with E-state index in [-0.39, 0.29) is 22.8 Å². The summed E-state index contributed by atoms with van der Waals surface area (Å²) in [6.45, 7) is 0. The van der Waals surface area contributed by atoms with E-state index in [1.54, 1.807) is 24.3 Å². The minimum atomic E-state index is -0.946. The molecule has 4 aliphatic carbocycles. The molecule has 2 aromatic rings. The van der Waals surface area contributed by atoms with Crippen molar-refractivity contribution in [3.8, 4) is 11.5 Å². The van der Waals surface area contributed by atoms with Crippen LogP contribution in [0.2, 0.25) is 0 Å². The molecule has 4 fully saturated rings. The highest BCUT2D eigenvalue weighted by molar-refractivity contribution is 5.89. The Bertz CT molecular complexity index is 1010. The van der Waals surface area contributed by atoms with Gasteiger partial charge >= 0.3 is 5.97 Å². The molecule has 5 aliphatic rings. The van der Waals surface area contributed by atoms with Gasteiger partial charge < -0.3 is 14.9 Å². The van der Waals surface area contributed by atoms with E-state index in [9.17, 15) is 15.0 Å². The van der Waals surface area contributed by atoms with Crippen LogP contribution >= 0.6 is 0 Å². The zero-order chi connectivity index (χ0) is 20.5. The van der Waals surface area contributed by atoms with Gasteiger partial charge in [0.15, 0.2) is 0 Å². The number of hydrogen-bond donors (Lipinski definition) is 2. The first-order valence-electron chi connectivity index (χ1n) is 11.0. The molecule has 0 aromatic heterocycles. The number of benzene rings is 2. The largest absolute Gasteiger partial charge is 0.508 e. The van der Waals surface area contributed by atoms with E-state index < -0.39 is 5.97 Å². The lowest BCUT2D eigenvalue weighted by atomic mass is 9.47. The average Bonchev–Trinajstić information content (AvgIpc) is 2.72. The molecule has 1 aliphatic heterocycles. The Labute approximate surface area is 176 Å². The second-order valence-corrected chi connectivity index (χ2v) is 9.94. The number of aromatic hydroxyl groups is 1. The Morgan fingerprint density at radius 2 is 1.57 bits per heavy atom. The molecular weight excluding hydrogens is 376 g/mol. The number of hydrogen-bond acceptors (Lipinski definition) is 3. The number of carboxylic acid groups (broad SMARTS) is 1. The van der Waals surface area contributed by atoms with Gasteiger partial charge in [-0.2, -0.15) is 0 Å². The van der Waals surface area contributed by atoms with E-state index in [0.717, 1.165) is 28.9 Å². The van der Waals surface area contributed by atoms with Gasteiger partial charge in [-0.25, -0.2) is 4.79 Å². The summed E-state index contributed by atoms with van der Waals surface area (Å²) in [5, 5.41) is 19.2. The lowest BCUT2D eigenvalue weighted by Crippen LogP contribution is -2.48. The minimum Gasteiger partial charge on any atom is -0.508 e. The Hall–Kier alpha value is -2.75. The van der Waals surface area contributed by atoms with Crippen LogP contribution in [0.5, 0.6) is 11.5 Å². The zero-order valence-electron chi connectivity index (χ0n) is 16.9. The second-order valence-electron chi connectivity index (χ2n) is 9.94. The van der Waals surface area contributed by atoms with Crippen LogP contribution in [0.15, 0.2) is 48.0 Å². The lowest BCUT2D eigenvalue weighted by Gasteiger charge is -2.58. The Balaban J connectivity index is 1.48. The quantitative estimate of drug-likeness (QED) is 0.678. The summed E-state index contributed by atoms with van der Waals surface area (Å²) < 4.78 is 6.54. The number of carboxylic acids is 1. The summed E-state index contributed by atoms with van der Waals surface area (Å²) in [7, 11) is 0. The van der Waals surface area contributed by atoms with E-state index >= 15 is 0 Å². The lowest BCUT2D eigenvalue weighted by molar-refractivity contribution is -0.0396. The third-order valence-corrected chi connectivity index (χ3v) is 7.95. The summed E-state index contributed by atoms with van der Waals surface area (Å²) in [6, 6.07) is 12.5. The first-order valence-corrected chi connectivity index (χ1v) is 11.0. The highest BCUT2D eigenvalue weighted by atomic mass is 16.5. The molecule has 0 spiro atoms. The fourth-order valence-corrected chi connectivity index (χ4v) is 7.11. The van der Waals surface area contributed by atoms with Crippen molar-refractivity contribution in [2.24, 2.45) is 23.2 Å². The monoisotopic (exact) mass is 402 g/mol. The minimum absolute atomic E-state index is 0.181. The first kappa shape index (κ1) is 18.1. The normalized spacial score (nSPS) is 33.5. The highest BCUT2D eigenvalue weighted by Crippen LogP contribution is 2.65. The average molecular weight is 402 g/mol. The van der Waals surface area contributed by atoms with E-state index in [0.29, 0.717) is 5.75 Å². The van der Waals surface area contributed by atoms with Gasteiger partial charge in [-0.05, 0) is 103 Å². The number of rotatable bonds is 3. The molecule has 4 heteroatoms. The van der Waals surface area contributed by atoms with Crippen molar-refractivity contribution in [2.45, 2.75) is 44.6 Å². The number of carbonyl (C=O) groups is 1. The van der Waals surface area contributed by atoms with Crippen molar-refractivity contribution in [3.63, 3.8) is 0 Å². The first-order chi connectivity index (χ1) is 14.5. The number of phenolic OH excluding ortho intramolecular Hbond substituents is 1. The smallest absolute Gasteiger partial charge is 0.335 e. The second kappa shape index (κ2) is 6.37. The van der Waals surface area contributed by atoms with Crippen molar-refractivity contribution < 1.29 is 19.7 Å². The molecular formula is C26H26O4. The molecule has 4 nitrogen and oxygen atoms in total. The van der Waals surface area contributed by atoms with Crippen LogP contribution in [0.1, 0.15) is 66.1 Å². The van der Waals surface area contributed by atoms with Crippen LogP contribution in [0.3, 0.4) is 0 Å².